The summed E-state index contributed by atoms with van der Waals surface area (Å²) in [6.45, 7) is 9.69. The van der Waals surface area contributed by atoms with E-state index in [1.165, 1.54) is 0 Å². The Kier molecular flexibility index (Phi) is 5.64. The van der Waals surface area contributed by atoms with Crippen LogP contribution in [-0.4, -0.2) is 12.7 Å². The molecule has 0 fully saturated rings. The van der Waals surface area contributed by atoms with E-state index in [9.17, 15) is 0 Å². The molecule has 0 amide bonds. The molecule has 1 unspecified atom stereocenters. The fourth-order valence-electron chi connectivity index (χ4n) is 0.542. The van der Waals surface area contributed by atoms with Crippen molar-refractivity contribution in [1.29, 1.82) is 0 Å². The van der Waals surface area contributed by atoms with Crippen LogP contribution in [0.15, 0.2) is 12.7 Å². The second-order valence-electron chi connectivity index (χ2n) is 1.84. The minimum absolute atomic E-state index is 0.209. The normalized spacial score (nSPS) is 13.1. The number of hydrogen-bond donors (Lipinski definition) is 0. The average molecular weight is 126 g/mol. The molecule has 1 atom stereocenters. The highest BCUT2D eigenvalue weighted by molar-refractivity contribution is 4.82. The van der Waals surface area contributed by atoms with Crippen LogP contribution in [0.1, 0.15) is 13.3 Å². The molecule has 0 heterocycles. The van der Waals surface area contributed by atoms with E-state index in [0.29, 0.717) is 6.61 Å². The molecule has 9 heavy (non-hydrogen) atoms. The van der Waals surface area contributed by atoms with Crippen LogP contribution in [0.25, 0.3) is 0 Å². The summed E-state index contributed by atoms with van der Waals surface area (Å²) >= 11 is 0. The van der Waals surface area contributed by atoms with Crippen LogP contribution in [0.3, 0.4) is 0 Å². The summed E-state index contributed by atoms with van der Waals surface area (Å²) in [6, 6.07) is 0. The maximum Gasteiger partial charge on any atom is 0.0581 e. The Morgan fingerprint density at radius 3 is 2.78 bits per heavy atom. The van der Waals surface area contributed by atoms with E-state index < -0.39 is 0 Å². The lowest BCUT2D eigenvalue weighted by Gasteiger charge is -2.07. The van der Waals surface area contributed by atoms with Crippen molar-refractivity contribution in [3.63, 3.8) is 0 Å². The summed E-state index contributed by atoms with van der Waals surface area (Å²) in [6.07, 6.45) is 5.02. The van der Waals surface area contributed by atoms with E-state index in [1.807, 2.05) is 13.0 Å². The topological polar surface area (TPSA) is 9.23 Å². The lowest BCUT2D eigenvalue weighted by Crippen LogP contribution is -2.07. The third kappa shape index (κ3) is 5.57. The Balaban J connectivity index is 3.04. The van der Waals surface area contributed by atoms with Crippen LogP contribution < -0.4 is 0 Å². The van der Waals surface area contributed by atoms with Crippen molar-refractivity contribution in [3.8, 4) is 0 Å². The molecule has 0 rings (SSSR count). The van der Waals surface area contributed by atoms with Crippen molar-refractivity contribution in [2.24, 2.45) is 0 Å². The Morgan fingerprint density at radius 2 is 2.33 bits per heavy atom. The van der Waals surface area contributed by atoms with Crippen molar-refractivity contribution in [2.45, 2.75) is 19.4 Å². The molecule has 0 spiro atoms. The quantitative estimate of drug-likeness (QED) is 0.512. The fourth-order valence-corrected chi connectivity index (χ4v) is 0.542. The van der Waals surface area contributed by atoms with Gasteiger partial charge in [-0.15, -0.1) is 6.58 Å². The molecule has 0 saturated heterocycles. The van der Waals surface area contributed by atoms with Gasteiger partial charge in [0.1, 0.15) is 0 Å². The largest absolute Gasteiger partial charge is 0.378 e. The van der Waals surface area contributed by atoms with Crippen LogP contribution >= 0.6 is 0 Å². The minimum atomic E-state index is 0.209. The van der Waals surface area contributed by atoms with Gasteiger partial charge in [0.2, 0.25) is 0 Å². The SMILES string of the molecule is [CH2]COC(C)[CH]CC=C. The van der Waals surface area contributed by atoms with Crippen LogP contribution in [0.2, 0.25) is 0 Å². The highest BCUT2D eigenvalue weighted by Gasteiger charge is 1.96. The molecule has 2 radical (unpaired) electrons. The summed E-state index contributed by atoms with van der Waals surface area (Å²) in [7, 11) is 0. The van der Waals surface area contributed by atoms with Gasteiger partial charge in [0, 0.05) is 6.61 Å². The molecule has 0 N–H and O–H groups in total. The number of hydrogen-bond acceptors (Lipinski definition) is 1. The number of rotatable bonds is 5. The van der Waals surface area contributed by atoms with Crippen LogP contribution in [0.4, 0.5) is 0 Å². The molecule has 1 heteroatoms. The van der Waals surface area contributed by atoms with Crippen LogP contribution in [-0.2, 0) is 4.74 Å². The first-order chi connectivity index (χ1) is 4.31. The Bertz CT molecular complexity index is 69.0. The average Bonchev–Trinajstić information content (AvgIpc) is 1.85. The van der Waals surface area contributed by atoms with E-state index >= 15 is 0 Å². The fraction of sp³-hybridized carbons (Fsp3) is 0.500. The highest BCUT2D eigenvalue weighted by atomic mass is 16.5. The summed E-state index contributed by atoms with van der Waals surface area (Å²) in [4.78, 5) is 0. The molecule has 52 valence electrons. The van der Waals surface area contributed by atoms with E-state index in [4.69, 9.17) is 4.74 Å². The van der Waals surface area contributed by atoms with Gasteiger partial charge >= 0.3 is 0 Å². The van der Waals surface area contributed by atoms with Crippen molar-refractivity contribution in [1.82, 2.24) is 0 Å². The smallest absolute Gasteiger partial charge is 0.0581 e. The van der Waals surface area contributed by atoms with Crippen molar-refractivity contribution >= 4 is 0 Å². The maximum atomic E-state index is 5.13. The van der Waals surface area contributed by atoms with E-state index in [0.717, 1.165) is 6.42 Å². The maximum absolute atomic E-state index is 5.13. The van der Waals surface area contributed by atoms with E-state index in [1.54, 1.807) is 0 Å². The summed E-state index contributed by atoms with van der Waals surface area (Å²) < 4.78 is 5.13. The zero-order valence-electron chi connectivity index (χ0n) is 5.97. The van der Waals surface area contributed by atoms with Crippen molar-refractivity contribution < 1.29 is 4.74 Å². The Hall–Kier alpha value is -0.300. The predicted octanol–water partition coefficient (Wildman–Crippen LogP) is 2.01. The molecule has 0 aromatic carbocycles. The molecule has 0 aliphatic rings. The third-order valence-corrected chi connectivity index (χ3v) is 1.02. The van der Waals surface area contributed by atoms with Gasteiger partial charge in [0.25, 0.3) is 0 Å². The molecule has 0 aromatic rings. The summed E-state index contributed by atoms with van der Waals surface area (Å²) in [5.41, 5.74) is 0. The second kappa shape index (κ2) is 5.83. The van der Waals surface area contributed by atoms with Gasteiger partial charge < -0.3 is 4.74 Å². The first-order valence-electron chi connectivity index (χ1n) is 3.16. The van der Waals surface area contributed by atoms with Gasteiger partial charge in [0.15, 0.2) is 0 Å². The van der Waals surface area contributed by atoms with Gasteiger partial charge in [0.05, 0.1) is 6.10 Å². The lowest BCUT2D eigenvalue weighted by atomic mass is 10.2. The van der Waals surface area contributed by atoms with Gasteiger partial charge in [-0.05, 0) is 26.7 Å². The molecule has 0 aliphatic heterocycles. The zero-order valence-corrected chi connectivity index (χ0v) is 5.97. The van der Waals surface area contributed by atoms with Gasteiger partial charge in [-0.1, -0.05) is 6.08 Å². The molecule has 0 aliphatic carbocycles. The van der Waals surface area contributed by atoms with Crippen LogP contribution in [0, 0.1) is 13.3 Å². The second-order valence-corrected chi connectivity index (χ2v) is 1.84. The predicted molar refractivity (Wildman–Crippen MR) is 39.9 cm³/mol. The molecular weight excluding hydrogens is 112 g/mol. The first kappa shape index (κ1) is 8.70. The molecule has 1 nitrogen and oxygen atoms in total. The van der Waals surface area contributed by atoms with Gasteiger partial charge in [-0.3, -0.25) is 0 Å². The summed E-state index contributed by atoms with van der Waals surface area (Å²) in [5.74, 6) is 0. The zero-order chi connectivity index (χ0) is 7.11. The van der Waals surface area contributed by atoms with Gasteiger partial charge in [-0.25, -0.2) is 0 Å². The first-order valence-corrected chi connectivity index (χ1v) is 3.16. The highest BCUT2D eigenvalue weighted by Crippen LogP contribution is 1.98. The standard InChI is InChI=1S/C8H14O/c1-4-6-7-8(3)9-5-2/h4,7-8H,1-2,5-6H2,3H3. The third-order valence-electron chi connectivity index (χ3n) is 1.02. The number of allylic oxidation sites excluding steroid dienone is 1. The number of ether oxygens (including phenoxy) is 1. The van der Waals surface area contributed by atoms with Crippen LogP contribution in [0.5, 0.6) is 0 Å². The minimum Gasteiger partial charge on any atom is -0.378 e. The monoisotopic (exact) mass is 126 g/mol. The Labute approximate surface area is 57.7 Å². The summed E-state index contributed by atoms with van der Waals surface area (Å²) in [5, 5.41) is 0. The molecular formula is C8H14O. The van der Waals surface area contributed by atoms with E-state index in [2.05, 4.69) is 19.9 Å². The Morgan fingerprint density at radius 1 is 1.67 bits per heavy atom. The van der Waals surface area contributed by atoms with E-state index in [-0.39, 0.29) is 6.10 Å². The molecule has 0 saturated carbocycles. The van der Waals surface area contributed by atoms with Crippen molar-refractivity contribution in [2.75, 3.05) is 6.61 Å². The lowest BCUT2D eigenvalue weighted by molar-refractivity contribution is 0.109. The van der Waals surface area contributed by atoms with Crippen molar-refractivity contribution in [3.05, 3.63) is 26.0 Å². The van der Waals surface area contributed by atoms with Gasteiger partial charge in [-0.2, -0.15) is 0 Å². The molecule has 0 aromatic heterocycles. The molecule has 0 bridgehead atoms.